The summed E-state index contributed by atoms with van der Waals surface area (Å²) in [6.45, 7) is 2.39. The second-order valence-corrected chi connectivity index (χ2v) is 8.07. The minimum Gasteiger partial charge on any atom is -0.481 e. The fourth-order valence-electron chi connectivity index (χ4n) is 3.37. The van der Waals surface area contributed by atoms with Gasteiger partial charge in [-0.3, -0.25) is 9.78 Å². The molecule has 4 rings (SSSR count). The summed E-state index contributed by atoms with van der Waals surface area (Å²) in [4.78, 5) is 35.5. The molecule has 0 unspecified atom stereocenters. The maximum Gasteiger partial charge on any atom is 0.264 e. The van der Waals surface area contributed by atoms with Gasteiger partial charge in [-0.05, 0) is 36.2 Å². The van der Waals surface area contributed by atoms with E-state index in [2.05, 4.69) is 19.9 Å². The third kappa shape index (κ3) is 4.04. The third-order valence-electron chi connectivity index (χ3n) is 5.03. The Kier molecular flexibility index (Phi) is 5.77. The fraction of sp³-hybridized carbons (Fsp3) is 0.227. The first-order valence-corrected chi connectivity index (χ1v) is 10.4. The van der Waals surface area contributed by atoms with Crippen molar-refractivity contribution in [3.8, 4) is 5.88 Å². The van der Waals surface area contributed by atoms with Crippen molar-refractivity contribution >= 4 is 39.0 Å². The number of methoxy groups -OCH3 is 1. The van der Waals surface area contributed by atoms with Crippen LogP contribution >= 0.6 is 11.3 Å². The highest BCUT2D eigenvalue weighted by molar-refractivity contribution is 7.20. The van der Waals surface area contributed by atoms with Crippen LogP contribution in [0.3, 0.4) is 0 Å². The van der Waals surface area contributed by atoms with E-state index in [9.17, 15) is 4.79 Å². The van der Waals surface area contributed by atoms with Crippen molar-refractivity contribution in [2.24, 2.45) is 0 Å². The Bertz CT molecular complexity index is 1230. The summed E-state index contributed by atoms with van der Waals surface area (Å²) in [5, 5.41) is 0.876. The average molecular weight is 435 g/mol. The van der Waals surface area contributed by atoms with E-state index in [1.54, 1.807) is 37.6 Å². The van der Waals surface area contributed by atoms with E-state index in [0.29, 0.717) is 17.3 Å². The topological polar surface area (TPSA) is 84.3 Å². The zero-order valence-corrected chi connectivity index (χ0v) is 18.6. The molecule has 158 valence electrons. The predicted octanol–water partition coefficient (Wildman–Crippen LogP) is 3.84. The quantitative estimate of drug-likeness (QED) is 0.456. The minimum absolute atomic E-state index is 0.0636. The number of fused-ring (bicyclic) bond motifs is 1. The number of anilines is 2. The molecule has 8 nitrogen and oxygen atoms in total. The molecule has 0 saturated heterocycles. The van der Waals surface area contributed by atoms with Gasteiger partial charge in [0.25, 0.3) is 5.91 Å². The van der Waals surface area contributed by atoms with Crippen molar-refractivity contribution in [2.45, 2.75) is 13.5 Å². The molecule has 4 aromatic heterocycles. The van der Waals surface area contributed by atoms with Gasteiger partial charge in [0.05, 0.1) is 29.3 Å². The smallest absolute Gasteiger partial charge is 0.264 e. The molecule has 0 saturated carbocycles. The monoisotopic (exact) mass is 434 g/mol. The summed E-state index contributed by atoms with van der Waals surface area (Å²) in [6.07, 6.45) is 6.71. The Morgan fingerprint density at radius 1 is 1.16 bits per heavy atom. The van der Waals surface area contributed by atoms with Crippen molar-refractivity contribution in [3.05, 3.63) is 65.2 Å². The first-order chi connectivity index (χ1) is 15.0. The van der Waals surface area contributed by atoms with Crippen molar-refractivity contribution in [1.29, 1.82) is 0 Å². The van der Waals surface area contributed by atoms with Crippen molar-refractivity contribution in [3.63, 3.8) is 0 Å². The second kappa shape index (κ2) is 8.65. The number of carbonyl (C=O) groups excluding carboxylic acids is 1. The molecule has 4 heterocycles. The Morgan fingerprint density at radius 2 is 2.00 bits per heavy atom. The number of pyridine rings is 2. The Hall–Kier alpha value is -3.59. The average Bonchev–Trinajstić information content (AvgIpc) is 3.15. The summed E-state index contributed by atoms with van der Waals surface area (Å²) < 4.78 is 5.18. The van der Waals surface area contributed by atoms with Gasteiger partial charge in [0.2, 0.25) is 5.88 Å². The van der Waals surface area contributed by atoms with E-state index in [1.165, 1.54) is 17.7 Å². The van der Waals surface area contributed by atoms with Crippen LogP contribution in [0.25, 0.3) is 10.2 Å². The first-order valence-electron chi connectivity index (χ1n) is 9.61. The van der Waals surface area contributed by atoms with Crippen LogP contribution in [0.4, 0.5) is 11.5 Å². The van der Waals surface area contributed by atoms with Crippen LogP contribution in [0.5, 0.6) is 5.88 Å². The Labute approximate surface area is 184 Å². The molecule has 9 heteroatoms. The lowest BCUT2D eigenvalue weighted by molar-refractivity contribution is 0.0789. The molecule has 0 N–H and O–H groups in total. The van der Waals surface area contributed by atoms with Gasteiger partial charge in [0.1, 0.15) is 17.0 Å². The zero-order valence-electron chi connectivity index (χ0n) is 17.7. The molecule has 0 aliphatic heterocycles. The number of aryl methyl sites for hydroxylation is 1. The molecular weight excluding hydrogens is 412 g/mol. The summed E-state index contributed by atoms with van der Waals surface area (Å²) >= 11 is 1.38. The van der Waals surface area contributed by atoms with E-state index >= 15 is 0 Å². The number of thiophene rings is 1. The number of carbonyl (C=O) groups is 1. The maximum atomic E-state index is 13.3. The van der Waals surface area contributed by atoms with Crippen LogP contribution in [0.15, 0.2) is 49.2 Å². The van der Waals surface area contributed by atoms with Gasteiger partial charge in [0.15, 0.2) is 0 Å². The van der Waals surface area contributed by atoms with Gasteiger partial charge in [0, 0.05) is 39.1 Å². The molecular formula is C22H22N6O2S. The van der Waals surface area contributed by atoms with Crippen LogP contribution in [0.1, 0.15) is 20.8 Å². The summed E-state index contributed by atoms with van der Waals surface area (Å²) in [5.74, 6) is 1.20. The minimum atomic E-state index is -0.0636. The summed E-state index contributed by atoms with van der Waals surface area (Å²) in [6, 6.07) is 7.54. The summed E-state index contributed by atoms with van der Waals surface area (Å²) in [5.41, 5.74) is 2.72. The van der Waals surface area contributed by atoms with E-state index in [1.807, 2.05) is 43.1 Å². The van der Waals surface area contributed by atoms with E-state index in [4.69, 9.17) is 4.74 Å². The van der Waals surface area contributed by atoms with Crippen LogP contribution in [-0.2, 0) is 6.54 Å². The van der Waals surface area contributed by atoms with Crippen molar-refractivity contribution in [2.75, 3.05) is 26.1 Å². The van der Waals surface area contributed by atoms with Crippen LogP contribution in [0.2, 0.25) is 0 Å². The van der Waals surface area contributed by atoms with Crippen molar-refractivity contribution < 1.29 is 9.53 Å². The molecule has 31 heavy (non-hydrogen) atoms. The fourth-order valence-corrected chi connectivity index (χ4v) is 4.50. The molecule has 0 fully saturated rings. The highest BCUT2D eigenvalue weighted by Gasteiger charge is 2.23. The van der Waals surface area contributed by atoms with E-state index in [0.717, 1.165) is 32.8 Å². The number of ether oxygens (including phenoxy) is 1. The highest BCUT2D eigenvalue weighted by Crippen LogP contribution is 2.37. The Morgan fingerprint density at radius 3 is 2.74 bits per heavy atom. The SMILES string of the molecule is COc1cc(CN(C)C(=O)c2sc3ncnc(N(C)c4cccnc4)c3c2C)ccn1. The van der Waals surface area contributed by atoms with Crippen molar-refractivity contribution in [1.82, 2.24) is 24.8 Å². The number of aromatic nitrogens is 4. The van der Waals surface area contributed by atoms with Gasteiger partial charge < -0.3 is 14.5 Å². The standard InChI is InChI=1S/C22H22N6O2S/c1-14-18-20(28(3)16-6-5-8-23-11-16)25-13-26-21(18)31-19(14)22(29)27(2)12-15-7-9-24-17(10-15)30-4/h5-11,13H,12H2,1-4H3. The lowest BCUT2D eigenvalue weighted by Crippen LogP contribution is -2.26. The van der Waals surface area contributed by atoms with Crippen LogP contribution in [0, 0.1) is 6.92 Å². The number of rotatable bonds is 6. The number of nitrogens with zero attached hydrogens (tertiary/aromatic N) is 6. The molecule has 0 atom stereocenters. The molecule has 0 radical (unpaired) electrons. The number of hydrogen-bond acceptors (Lipinski definition) is 8. The third-order valence-corrected chi connectivity index (χ3v) is 6.21. The Balaban J connectivity index is 1.67. The molecule has 1 amide bonds. The van der Waals surface area contributed by atoms with E-state index in [-0.39, 0.29) is 5.91 Å². The van der Waals surface area contributed by atoms with Crippen LogP contribution < -0.4 is 9.64 Å². The first kappa shape index (κ1) is 20.7. The number of hydrogen-bond donors (Lipinski definition) is 0. The molecule has 0 spiro atoms. The molecule has 0 aromatic carbocycles. The van der Waals surface area contributed by atoms with Gasteiger partial charge in [-0.1, -0.05) is 0 Å². The van der Waals surface area contributed by atoms with Gasteiger partial charge in [-0.15, -0.1) is 11.3 Å². The predicted molar refractivity (Wildman–Crippen MR) is 121 cm³/mol. The largest absolute Gasteiger partial charge is 0.481 e. The molecule has 4 aromatic rings. The second-order valence-electron chi connectivity index (χ2n) is 7.07. The normalized spacial score (nSPS) is 10.8. The highest BCUT2D eigenvalue weighted by atomic mass is 32.1. The molecule has 0 aliphatic carbocycles. The van der Waals surface area contributed by atoms with Gasteiger partial charge in [-0.25, -0.2) is 15.0 Å². The summed E-state index contributed by atoms with van der Waals surface area (Å²) in [7, 11) is 5.29. The van der Waals surface area contributed by atoms with Crippen LogP contribution in [-0.4, -0.2) is 51.9 Å². The zero-order chi connectivity index (χ0) is 22.0. The molecule has 0 bridgehead atoms. The van der Waals surface area contributed by atoms with Gasteiger partial charge in [-0.2, -0.15) is 0 Å². The van der Waals surface area contributed by atoms with E-state index < -0.39 is 0 Å². The lowest BCUT2D eigenvalue weighted by atomic mass is 10.1. The lowest BCUT2D eigenvalue weighted by Gasteiger charge is -2.19. The molecule has 0 aliphatic rings. The van der Waals surface area contributed by atoms with Gasteiger partial charge >= 0.3 is 0 Å². The maximum absolute atomic E-state index is 13.3. The number of amides is 1.